The fraction of sp³-hybridized carbons (Fsp3) is 0.300. The second-order valence-electron chi connectivity index (χ2n) is 3.41. The molecule has 1 aromatic rings. The number of benzene rings is 1. The largest absolute Gasteiger partial charge is 0.322 e. The molecule has 0 aromatic heterocycles. The molecule has 0 aliphatic carbocycles. The predicted octanol–water partition coefficient (Wildman–Crippen LogP) is 1.69. The van der Waals surface area contributed by atoms with Crippen molar-refractivity contribution in [3.05, 3.63) is 29.8 Å². The first-order valence-corrected chi connectivity index (χ1v) is 4.66. The van der Waals surface area contributed by atoms with E-state index in [0.717, 1.165) is 25.1 Å². The van der Waals surface area contributed by atoms with Crippen molar-refractivity contribution in [1.29, 1.82) is 0 Å². The SMILES string of the molecule is Cl.O=C(Nc1ccc(F)cc1F)[C@H]1CCN1. The van der Waals surface area contributed by atoms with Crippen molar-refractivity contribution in [3.8, 4) is 0 Å². The van der Waals surface area contributed by atoms with Crippen molar-refractivity contribution < 1.29 is 13.6 Å². The summed E-state index contributed by atoms with van der Waals surface area (Å²) >= 11 is 0. The van der Waals surface area contributed by atoms with Gasteiger partial charge in [0, 0.05) is 6.07 Å². The molecule has 0 saturated carbocycles. The summed E-state index contributed by atoms with van der Waals surface area (Å²) in [5.41, 5.74) is 0.00935. The third-order valence-corrected chi connectivity index (χ3v) is 2.33. The Kier molecular flexibility index (Phi) is 4.20. The minimum absolute atomic E-state index is 0. The molecule has 0 radical (unpaired) electrons. The Morgan fingerprint density at radius 2 is 2.12 bits per heavy atom. The molecule has 0 unspecified atom stereocenters. The molecular formula is C10H11ClF2N2O. The van der Waals surface area contributed by atoms with Crippen LogP contribution in [0.3, 0.4) is 0 Å². The van der Waals surface area contributed by atoms with Crippen LogP contribution in [0, 0.1) is 11.6 Å². The normalized spacial score (nSPS) is 18.2. The first kappa shape index (κ1) is 12.9. The topological polar surface area (TPSA) is 41.1 Å². The zero-order valence-corrected chi connectivity index (χ0v) is 9.11. The zero-order chi connectivity index (χ0) is 10.8. The van der Waals surface area contributed by atoms with Crippen LogP contribution < -0.4 is 10.6 Å². The average molecular weight is 249 g/mol. The van der Waals surface area contributed by atoms with Crippen LogP contribution in [0.4, 0.5) is 14.5 Å². The molecule has 1 atom stereocenters. The van der Waals surface area contributed by atoms with Gasteiger partial charge in [-0.3, -0.25) is 4.79 Å². The van der Waals surface area contributed by atoms with Crippen molar-refractivity contribution in [2.75, 3.05) is 11.9 Å². The van der Waals surface area contributed by atoms with Crippen molar-refractivity contribution in [1.82, 2.24) is 5.32 Å². The minimum Gasteiger partial charge on any atom is -0.322 e. The fourth-order valence-corrected chi connectivity index (χ4v) is 1.32. The number of rotatable bonds is 2. The molecule has 1 amide bonds. The van der Waals surface area contributed by atoms with E-state index in [1.54, 1.807) is 0 Å². The van der Waals surface area contributed by atoms with Crippen molar-refractivity contribution in [3.63, 3.8) is 0 Å². The van der Waals surface area contributed by atoms with Crippen LogP contribution in [0.15, 0.2) is 18.2 Å². The molecule has 1 saturated heterocycles. The number of hydrogen-bond acceptors (Lipinski definition) is 2. The fourth-order valence-electron chi connectivity index (χ4n) is 1.32. The first-order chi connectivity index (χ1) is 7.16. The zero-order valence-electron chi connectivity index (χ0n) is 8.30. The van der Waals surface area contributed by atoms with E-state index in [2.05, 4.69) is 10.6 Å². The van der Waals surface area contributed by atoms with Gasteiger partial charge in [0.05, 0.1) is 11.7 Å². The van der Waals surface area contributed by atoms with E-state index in [0.29, 0.717) is 0 Å². The van der Waals surface area contributed by atoms with E-state index in [1.807, 2.05) is 0 Å². The molecule has 1 aromatic carbocycles. The minimum atomic E-state index is -0.761. The van der Waals surface area contributed by atoms with E-state index < -0.39 is 11.6 Å². The molecule has 1 aliphatic rings. The molecule has 0 spiro atoms. The Morgan fingerprint density at radius 3 is 2.62 bits per heavy atom. The highest BCUT2D eigenvalue weighted by molar-refractivity contribution is 5.95. The lowest BCUT2D eigenvalue weighted by atomic mass is 10.1. The van der Waals surface area contributed by atoms with E-state index in [1.165, 1.54) is 6.07 Å². The Morgan fingerprint density at radius 1 is 1.44 bits per heavy atom. The molecule has 1 heterocycles. The van der Waals surface area contributed by atoms with Crippen LogP contribution in [-0.4, -0.2) is 18.5 Å². The molecule has 16 heavy (non-hydrogen) atoms. The number of halogens is 3. The summed E-state index contributed by atoms with van der Waals surface area (Å²) in [5, 5.41) is 5.28. The summed E-state index contributed by atoms with van der Waals surface area (Å²) in [6.07, 6.45) is 0.745. The van der Waals surface area contributed by atoms with Crippen LogP contribution in [-0.2, 0) is 4.79 Å². The highest BCUT2D eigenvalue weighted by Crippen LogP contribution is 2.16. The van der Waals surface area contributed by atoms with Crippen LogP contribution in [0.2, 0.25) is 0 Å². The predicted molar refractivity (Wildman–Crippen MR) is 58.6 cm³/mol. The second-order valence-corrected chi connectivity index (χ2v) is 3.41. The van der Waals surface area contributed by atoms with Gasteiger partial charge in [-0.2, -0.15) is 0 Å². The molecule has 6 heteroatoms. The van der Waals surface area contributed by atoms with Crippen molar-refractivity contribution in [2.45, 2.75) is 12.5 Å². The number of nitrogens with one attached hydrogen (secondary N) is 2. The van der Waals surface area contributed by atoms with Gasteiger partial charge in [0.2, 0.25) is 5.91 Å². The number of amides is 1. The van der Waals surface area contributed by atoms with Gasteiger partial charge in [-0.05, 0) is 25.1 Å². The van der Waals surface area contributed by atoms with Gasteiger partial charge in [0.1, 0.15) is 11.6 Å². The van der Waals surface area contributed by atoms with E-state index in [-0.39, 0.29) is 30.0 Å². The van der Waals surface area contributed by atoms with E-state index >= 15 is 0 Å². The summed E-state index contributed by atoms with van der Waals surface area (Å²) in [5.74, 6) is -1.71. The van der Waals surface area contributed by atoms with Crippen molar-refractivity contribution >= 4 is 24.0 Å². The van der Waals surface area contributed by atoms with Crippen LogP contribution >= 0.6 is 12.4 Å². The Balaban J connectivity index is 0.00000128. The van der Waals surface area contributed by atoms with Gasteiger partial charge in [0.15, 0.2) is 0 Å². The number of carbonyl (C=O) groups is 1. The number of carbonyl (C=O) groups excluding carboxylic acids is 1. The molecule has 0 bridgehead atoms. The second kappa shape index (κ2) is 5.23. The van der Waals surface area contributed by atoms with E-state index in [9.17, 15) is 13.6 Å². The Hall–Kier alpha value is -1.20. The van der Waals surface area contributed by atoms with Crippen molar-refractivity contribution in [2.24, 2.45) is 0 Å². The lowest BCUT2D eigenvalue weighted by Crippen LogP contribution is -2.50. The van der Waals surface area contributed by atoms with Gasteiger partial charge in [0.25, 0.3) is 0 Å². The van der Waals surface area contributed by atoms with Crippen LogP contribution in [0.25, 0.3) is 0 Å². The maximum atomic E-state index is 13.1. The standard InChI is InChI=1S/C10H10F2N2O.ClH/c11-6-1-2-8(7(12)5-6)14-10(15)9-3-4-13-9;/h1-2,5,9,13H,3-4H2,(H,14,15);1H/t9-;/m1./s1. The average Bonchev–Trinajstić information content (AvgIpc) is 2.07. The quantitative estimate of drug-likeness (QED) is 0.836. The lowest BCUT2D eigenvalue weighted by Gasteiger charge is -2.26. The smallest absolute Gasteiger partial charge is 0.241 e. The number of hydrogen-bond donors (Lipinski definition) is 2. The van der Waals surface area contributed by atoms with Gasteiger partial charge in [-0.25, -0.2) is 8.78 Å². The van der Waals surface area contributed by atoms with Gasteiger partial charge in [-0.1, -0.05) is 0 Å². The van der Waals surface area contributed by atoms with E-state index in [4.69, 9.17) is 0 Å². The summed E-state index contributed by atoms with van der Waals surface area (Å²) in [6.45, 7) is 0.796. The van der Waals surface area contributed by atoms with Gasteiger partial charge >= 0.3 is 0 Å². The van der Waals surface area contributed by atoms with Crippen LogP contribution in [0.5, 0.6) is 0 Å². The molecule has 3 nitrogen and oxygen atoms in total. The van der Waals surface area contributed by atoms with Crippen LogP contribution in [0.1, 0.15) is 6.42 Å². The highest BCUT2D eigenvalue weighted by Gasteiger charge is 2.24. The van der Waals surface area contributed by atoms with Gasteiger partial charge in [-0.15, -0.1) is 12.4 Å². The third-order valence-electron chi connectivity index (χ3n) is 2.33. The lowest BCUT2D eigenvalue weighted by molar-refractivity contribution is -0.119. The Labute approximate surface area is 97.6 Å². The summed E-state index contributed by atoms with van der Waals surface area (Å²) in [6, 6.07) is 2.80. The molecule has 2 N–H and O–H groups in total. The monoisotopic (exact) mass is 248 g/mol. The molecule has 88 valence electrons. The summed E-state index contributed by atoms with van der Waals surface area (Å²) < 4.78 is 25.7. The maximum absolute atomic E-state index is 13.1. The summed E-state index contributed by atoms with van der Waals surface area (Å²) in [7, 11) is 0. The molecular weight excluding hydrogens is 238 g/mol. The maximum Gasteiger partial charge on any atom is 0.241 e. The first-order valence-electron chi connectivity index (χ1n) is 4.66. The summed E-state index contributed by atoms with van der Waals surface area (Å²) in [4.78, 5) is 11.4. The third kappa shape index (κ3) is 2.68. The molecule has 1 aliphatic heterocycles. The molecule has 1 fully saturated rings. The highest BCUT2D eigenvalue weighted by atomic mass is 35.5. The Bertz CT molecular complexity index is 396. The molecule has 2 rings (SSSR count). The number of anilines is 1. The van der Waals surface area contributed by atoms with Gasteiger partial charge < -0.3 is 10.6 Å².